The maximum atomic E-state index is 12.3. The smallest absolute Gasteiger partial charge is 0.259 e. The first kappa shape index (κ1) is 15.3. The van der Waals surface area contributed by atoms with Crippen LogP contribution in [0.5, 0.6) is 5.88 Å². The van der Waals surface area contributed by atoms with Crippen LogP contribution in [0.3, 0.4) is 0 Å². The number of benzene rings is 1. The van der Waals surface area contributed by atoms with Crippen LogP contribution >= 0.6 is 11.6 Å². The van der Waals surface area contributed by atoms with E-state index in [0.29, 0.717) is 17.4 Å². The van der Waals surface area contributed by atoms with Crippen LogP contribution in [0.2, 0.25) is 5.02 Å². The Labute approximate surface area is 137 Å². The van der Waals surface area contributed by atoms with Crippen LogP contribution in [0.1, 0.15) is 24.2 Å². The number of hydrogen-bond donors (Lipinski definition) is 2. The molecule has 3 rings (SSSR count). The number of carbonyl (C=O) groups excluding carboxylic acids is 1. The number of nitrogens with zero attached hydrogens (tertiary/aromatic N) is 2. The summed E-state index contributed by atoms with van der Waals surface area (Å²) >= 11 is 6.09. The SMILES string of the molecule is CC(C)Oc1ncc(C(=O)Nc2nc3ccccc3[nH]2)cc1Cl. The Balaban J connectivity index is 1.78. The van der Waals surface area contributed by atoms with Gasteiger partial charge in [-0.1, -0.05) is 23.7 Å². The van der Waals surface area contributed by atoms with Crippen molar-refractivity contribution in [2.75, 3.05) is 5.32 Å². The van der Waals surface area contributed by atoms with Crippen molar-refractivity contribution in [3.63, 3.8) is 0 Å². The normalized spacial score (nSPS) is 11.0. The van der Waals surface area contributed by atoms with E-state index in [4.69, 9.17) is 16.3 Å². The van der Waals surface area contributed by atoms with E-state index in [-0.39, 0.29) is 17.0 Å². The van der Waals surface area contributed by atoms with E-state index in [0.717, 1.165) is 11.0 Å². The van der Waals surface area contributed by atoms with Gasteiger partial charge in [0.1, 0.15) is 5.02 Å². The summed E-state index contributed by atoms with van der Waals surface area (Å²) in [5.41, 5.74) is 1.95. The van der Waals surface area contributed by atoms with Crippen molar-refractivity contribution in [3.05, 3.63) is 47.1 Å². The van der Waals surface area contributed by atoms with Crippen molar-refractivity contribution in [2.24, 2.45) is 0 Å². The van der Waals surface area contributed by atoms with Gasteiger partial charge in [-0.05, 0) is 32.0 Å². The largest absolute Gasteiger partial charge is 0.474 e. The molecule has 2 N–H and O–H groups in total. The Morgan fingerprint density at radius 3 is 2.83 bits per heavy atom. The highest BCUT2D eigenvalue weighted by Crippen LogP contribution is 2.24. The molecule has 0 aliphatic carbocycles. The molecule has 0 bridgehead atoms. The van der Waals surface area contributed by atoms with Crippen molar-refractivity contribution < 1.29 is 9.53 Å². The zero-order valence-electron chi connectivity index (χ0n) is 12.6. The molecule has 0 unspecified atom stereocenters. The number of ether oxygens (including phenoxy) is 1. The summed E-state index contributed by atoms with van der Waals surface area (Å²) in [5, 5.41) is 2.98. The van der Waals surface area contributed by atoms with E-state index in [2.05, 4.69) is 20.3 Å². The molecule has 23 heavy (non-hydrogen) atoms. The van der Waals surface area contributed by atoms with Crippen LogP contribution in [0.15, 0.2) is 36.5 Å². The Morgan fingerprint density at radius 1 is 1.35 bits per heavy atom. The van der Waals surface area contributed by atoms with Gasteiger partial charge in [0.15, 0.2) is 0 Å². The predicted molar refractivity (Wildman–Crippen MR) is 89.1 cm³/mol. The Bertz CT molecular complexity index is 827. The minimum Gasteiger partial charge on any atom is -0.474 e. The number of imidazole rings is 1. The standard InChI is InChI=1S/C16H15ClN4O2/c1-9(2)23-15-11(17)7-10(8-18-15)14(22)21-16-19-12-5-3-4-6-13(12)20-16/h3-9H,1-2H3,(H2,19,20,21,22). The number of fused-ring (bicyclic) bond motifs is 1. The van der Waals surface area contributed by atoms with Gasteiger partial charge in [0.25, 0.3) is 5.91 Å². The van der Waals surface area contributed by atoms with Gasteiger partial charge < -0.3 is 9.72 Å². The second-order valence-electron chi connectivity index (χ2n) is 5.23. The molecule has 2 heterocycles. The molecule has 0 saturated heterocycles. The molecule has 2 aromatic heterocycles. The molecule has 6 nitrogen and oxygen atoms in total. The second kappa shape index (κ2) is 6.26. The Hall–Kier alpha value is -2.60. The maximum absolute atomic E-state index is 12.3. The molecule has 0 spiro atoms. The Kier molecular flexibility index (Phi) is 4.16. The summed E-state index contributed by atoms with van der Waals surface area (Å²) in [7, 11) is 0. The van der Waals surface area contributed by atoms with Gasteiger partial charge in [0.05, 0.1) is 22.7 Å². The predicted octanol–water partition coefficient (Wildman–Crippen LogP) is 3.65. The van der Waals surface area contributed by atoms with E-state index in [1.54, 1.807) is 0 Å². The van der Waals surface area contributed by atoms with Crippen molar-refractivity contribution in [1.29, 1.82) is 0 Å². The molecule has 0 saturated carbocycles. The highest BCUT2D eigenvalue weighted by molar-refractivity contribution is 6.32. The highest BCUT2D eigenvalue weighted by atomic mass is 35.5. The molecular weight excluding hydrogens is 316 g/mol. The summed E-state index contributed by atoms with van der Waals surface area (Å²) in [6.45, 7) is 3.75. The molecular formula is C16H15ClN4O2. The van der Waals surface area contributed by atoms with E-state index in [1.807, 2.05) is 38.1 Å². The van der Waals surface area contributed by atoms with Gasteiger partial charge in [-0.15, -0.1) is 0 Å². The van der Waals surface area contributed by atoms with Crippen LogP contribution in [0.4, 0.5) is 5.95 Å². The fourth-order valence-electron chi connectivity index (χ4n) is 2.05. The number of anilines is 1. The zero-order valence-corrected chi connectivity index (χ0v) is 13.4. The summed E-state index contributed by atoms with van der Waals surface area (Å²) in [6.07, 6.45) is 1.37. The first-order valence-electron chi connectivity index (χ1n) is 7.11. The number of aromatic nitrogens is 3. The quantitative estimate of drug-likeness (QED) is 0.765. The summed E-state index contributed by atoms with van der Waals surface area (Å²) in [4.78, 5) is 23.7. The number of hydrogen-bond acceptors (Lipinski definition) is 4. The molecule has 1 amide bonds. The van der Waals surface area contributed by atoms with Crippen molar-refractivity contribution in [3.8, 4) is 5.88 Å². The van der Waals surface area contributed by atoms with Gasteiger partial charge in [0, 0.05) is 6.20 Å². The maximum Gasteiger partial charge on any atom is 0.259 e. The summed E-state index contributed by atoms with van der Waals surface area (Å²) in [5.74, 6) is 0.325. The third-order valence-corrected chi connectivity index (χ3v) is 3.31. The van der Waals surface area contributed by atoms with Gasteiger partial charge >= 0.3 is 0 Å². The molecule has 1 aromatic carbocycles. The second-order valence-corrected chi connectivity index (χ2v) is 5.64. The minimum absolute atomic E-state index is 0.0461. The minimum atomic E-state index is -0.352. The first-order valence-corrected chi connectivity index (χ1v) is 7.49. The first-order chi connectivity index (χ1) is 11.0. The monoisotopic (exact) mass is 330 g/mol. The van der Waals surface area contributed by atoms with E-state index in [1.165, 1.54) is 12.3 Å². The van der Waals surface area contributed by atoms with Crippen LogP contribution in [-0.4, -0.2) is 27.0 Å². The third kappa shape index (κ3) is 3.43. The van der Waals surface area contributed by atoms with Crippen LogP contribution < -0.4 is 10.1 Å². The number of aromatic amines is 1. The van der Waals surface area contributed by atoms with Gasteiger partial charge in [-0.2, -0.15) is 0 Å². The lowest BCUT2D eigenvalue weighted by molar-refractivity contribution is 0.102. The number of halogens is 1. The molecule has 0 radical (unpaired) electrons. The lowest BCUT2D eigenvalue weighted by Crippen LogP contribution is -2.14. The van der Waals surface area contributed by atoms with E-state index < -0.39 is 0 Å². The number of nitrogens with one attached hydrogen (secondary N) is 2. The van der Waals surface area contributed by atoms with Crippen molar-refractivity contribution in [1.82, 2.24) is 15.0 Å². The van der Waals surface area contributed by atoms with Gasteiger partial charge in [-0.25, -0.2) is 9.97 Å². The number of amides is 1. The number of carbonyl (C=O) groups is 1. The lowest BCUT2D eigenvalue weighted by Gasteiger charge is -2.10. The molecule has 0 aliphatic rings. The fraction of sp³-hybridized carbons (Fsp3) is 0.188. The van der Waals surface area contributed by atoms with E-state index >= 15 is 0 Å². The lowest BCUT2D eigenvalue weighted by atomic mass is 10.2. The third-order valence-electron chi connectivity index (χ3n) is 3.04. The van der Waals surface area contributed by atoms with Crippen molar-refractivity contribution >= 4 is 34.5 Å². The van der Waals surface area contributed by atoms with Crippen LogP contribution in [0, 0.1) is 0 Å². The Morgan fingerprint density at radius 2 is 2.13 bits per heavy atom. The molecule has 0 atom stereocenters. The number of pyridine rings is 1. The zero-order chi connectivity index (χ0) is 16.4. The number of rotatable bonds is 4. The van der Waals surface area contributed by atoms with Gasteiger partial charge in [0.2, 0.25) is 11.8 Å². The van der Waals surface area contributed by atoms with Crippen LogP contribution in [0.25, 0.3) is 11.0 Å². The summed E-state index contributed by atoms with van der Waals surface area (Å²) < 4.78 is 5.44. The highest BCUT2D eigenvalue weighted by Gasteiger charge is 2.13. The van der Waals surface area contributed by atoms with Crippen LogP contribution in [-0.2, 0) is 0 Å². The van der Waals surface area contributed by atoms with Gasteiger partial charge in [-0.3, -0.25) is 10.1 Å². The average molecular weight is 331 g/mol. The summed E-state index contributed by atoms with van der Waals surface area (Å²) in [6, 6.07) is 9.03. The molecule has 118 valence electrons. The molecule has 3 aromatic rings. The fourth-order valence-corrected chi connectivity index (χ4v) is 2.26. The number of H-pyrrole nitrogens is 1. The van der Waals surface area contributed by atoms with E-state index in [9.17, 15) is 4.79 Å². The van der Waals surface area contributed by atoms with Crippen molar-refractivity contribution in [2.45, 2.75) is 20.0 Å². The number of para-hydroxylation sites is 2. The molecule has 0 fully saturated rings. The average Bonchev–Trinajstić information content (AvgIpc) is 2.91. The topological polar surface area (TPSA) is 79.9 Å². The molecule has 0 aliphatic heterocycles. The molecule has 7 heteroatoms.